The van der Waals surface area contributed by atoms with Gasteiger partial charge in [0.2, 0.25) is 5.91 Å². The van der Waals surface area contributed by atoms with Crippen molar-refractivity contribution in [1.29, 1.82) is 0 Å². The van der Waals surface area contributed by atoms with Gasteiger partial charge in [-0.2, -0.15) is 0 Å². The first-order chi connectivity index (χ1) is 11.1. The van der Waals surface area contributed by atoms with Crippen LogP contribution in [0.4, 0.5) is 0 Å². The molecule has 0 radical (unpaired) electrons. The molecule has 126 valence electrons. The van der Waals surface area contributed by atoms with Crippen LogP contribution in [0.1, 0.15) is 54.9 Å². The molecule has 0 saturated carbocycles. The maximum absolute atomic E-state index is 12.4. The molecule has 1 atom stereocenters. The summed E-state index contributed by atoms with van der Waals surface area (Å²) in [5, 5.41) is 2.84. The summed E-state index contributed by atoms with van der Waals surface area (Å²) in [5.41, 5.74) is 7.46. The normalized spacial score (nSPS) is 16.0. The van der Waals surface area contributed by atoms with Crippen LogP contribution in [0.25, 0.3) is 0 Å². The van der Waals surface area contributed by atoms with Gasteiger partial charge in [0.1, 0.15) is 0 Å². The van der Waals surface area contributed by atoms with E-state index in [9.17, 15) is 9.59 Å². The van der Waals surface area contributed by atoms with E-state index in [-0.39, 0.29) is 11.8 Å². The van der Waals surface area contributed by atoms with Gasteiger partial charge in [0.25, 0.3) is 5.91 Å². The fourth-order valence-corrected chi connectivity index (χ4v) is 2.81. The standard InChI is InChI=1S/C18H27N3O2/c1-2-6-16(19)17(22)20-13-14-7-9-15(10-8-14)18(23)21-11-4-3-5-12-21/h7-10,16H,2-6,11-13,19H2,1H3,(H,20,22). The van der Waals surface area contributed by atoms with Gasteiger partial charge in [0.15, 0.2) is 0 Å². The van der Waals surface area contributed by atoms with Crippen LogP contribution in [0.5, 0.6) is 0 Å². The third kappa shape index (κ3) is 5.06. The summed E-state index contributed by atoms with van der Waals surface area (Å²) in [4.78, 5) is 26.1. The van der Waals surface area contributed by atoms with E-state index < -0.39 is 6.04 Å². The largest absolute Gasteiger partial charge is 0.351 e. The van der Waals surface area contributed by atoms with Gasteiger partial charge in [-0.05, 0) is 43.4 Å². The molecule has 2 amide bonds. The number of benzene rings is 1. The van der Waals surface area contributed by atoms with E-state index in [0.717, 1.165) is 37.9 Å². The zero-order valence-electron chi connectivity index (χ0n) is 13.9. The van der Waals surface area contributed by atoms with Crippen molar-refractivity contribution < 1.29 is 9.59 Å². The Morgan fingerprint density at radius 2 is 1.83 bits per heavy atom. The molecule has 5 nitrogen and oxygen atoms in total. The molecule has 1 aromatic rings. The van der Waals surface area contributed by atoms with Crippen molar-refractivity contribution in [3.8, 4) is 0 Å². The Balaban J connectivity index is 1.86. The summed E-state index contributed by atoms with van der Waals surface area (Å²) in [6.07, 6.45) is 4.97. The number of hydrogen-bond acceptors (Lipinski definition) is 3. The number of nitrogens with two attached hydrogens (primary N) is 1. The van der Waals surface area contributed by atoms with Crippen LogP contribution in [0.3, 0.4) is 0 Å². The molecule has 1 heterocycles. The van der Waals surface area contributed by atoms with Crippen LogP contribution in [-0.4, -0.2) is 35.8 Å². The highest BCUT2D eigenvalue weighted by Crippen LogP contribution is 2.14. The average Bonchev–Trinajstić information content (AvgIpc) is 2.60. The van der Waals surface area contributed by atoms with E-state index in [2.05, 4.69) is 5.32 Å². The Hall–Kier alpha value is -1.88. The minimum absolute atomic E-state index is 0.102. The lowest BCUT2D eigenvalue weighted by molar-refractivity contribution is -0.122. The number of amides is 2. The van der Waals surface area contributed by atoms with Crippen molar-refractivity contribution in [2.75, 3.05) is 13.1 Å². The lowest BCUT2D eigenvalue weighted by Crippen LogP contribution is -2.40. The second-order valence-electron chi connectivity index (χ2n) is 6.16. The van der Waals surface area contributed by atoms with Crippen molar-refractivity contribution in [3.63, 3.8) is 0 Å². The maximum atomic E-state index is 12.4. The quantitative estimate of drug-likeness (QED) is 0.843. The summed E-state index contributed by atoms with van der Waals surface area (Å²) >= 11 is 0. The summed E-state index contributed by atoms with van der Waals surface area (Å²) in [5.74, 6) is -0.0226. The van der Waals surface area contributed by atoms with Crippen LogP contribution >= 0.6 is 0 Å². The van der Waals surface area contributed by atoms with E-state index in [4.69, 9.17) is 5.73 Å². The first-order valence-corrected chi connectivity index (χ1v) is 8.53. The number of carbonyl (C=O) groups is 2. The van der Waals surface area contributed by atoms with E-state index in [1.165, 1.54) is 6.42 Å². The minimum Gasteiger partial charge on any atom is -0.351 e. The summed E-state index contributed by atoms with van der Waals surface area (Å²) in [6, 6.07) is 7.01. The fourth-order valence-electron chi connectivity index (χ4n) is 2.81. The summed E-state index contributed by atoms with van der Waals surface area (Å²) in [6.45, 7) is 4.15. The maximum Gasteiger partial charge on any atom is 0.253 e. The number of hydrogen-bond donors (Lipinski definition) is 2. The lowest BCUT2D eigenvalue weighted by atomic mass is 10.1. The number of rotatable bonds is 6. The summed E-state index contributed by atoms with van der Waals surface area (Å²) < 4.78 is 0. The van der Waals surface area contributed by atoms with Gasteiger partial charge in [-0.15, -0.1) is 0 Å². The SMILES string of the molecule is CCCC(N)C(=O)NCc1ccc(C(=O)N2CCCCC2)cc1. The molecule has 0 bridgehead atoms. The predicted molar refractivity (Wildman–Crippen MR) is 90.9 cm³/mol. The molecule has 5 heteroatoms. The second kappa shape index (κ2) is 8.67. The smallest absolute Gasteiger partial charge is 0.253 e. The summed E-state index contributed by atoms with van der Waals surface area (Å²) in [7, 11) is 0. The molecule has 3 N–H and O–H groups in total. The molecule has 2 rings (SSSR count). The highest BCUT2D eigenvalue weighted by Gasteiger charge is 2.18. The number of piperidine rings is 1. The first-order valence-electron chi connectivity index (χ1n) is 8.53. The van der Waals surface area contributed by atoms with Crippen LogP contribution in [-0.2, 0) is 11.3 Å². The molecular formula is C18H27N3O2. The van der Waals surface area contributed by atoms with Gasteiger partial charge in [-0.3, -0.25) is 9.59 Å². The Bertz CT molecular complexity index is 522. The van der Waals surface area contributed by atoms with Gasteiger partial charge < -0.3 is 16.0 Å². The average molecular weight is 317 g/mol. The van der Waals surface area contributed by atoms with E-state index in [1.807, 2.05) is 36.1 Å². The van der Waals surface area contributed by atoms with Crippen molar-refractivity contribution in [3.05, 3.63) is 35.4 Å². The van der Waals surface area contributed by atoms with Crippen LogP contribution in [0.15, 0.2) is 24.3 Å². The van der Waals surface area contributed by atoms with E-state index in [0.29, 0.717) is 18.5 Å². The molecule has 1 aliphatic heterocycles. The lowest BCUT2D eigenvalue weighted by Gasteiger charge is -2.26. The number of nitrogens with one attached hydrogen (secondary N) is 1. The molecule has 1 fully saturated rings. The number of nitrogens with zero attached hydrogens (tertiary/aromatic N) is 1. The Labute approximate surface area is 138 Å². The van der Waals surface area contributed by atoms with Gasteiger partial charge in [0.05, 0.1) is 6.04 Å². The van der Waals surface area contributed by atoms with Crippen molar-refractivity contribution in [1.82, 2.24) is 10.2 Å². The highest BCUT2D eigenvalue weighted by atomic mass is 16.2. The minimum atomic E-state index is -0.444. The monoisotopic (exact) mass is 317 g/mol. The zero-order chi connectivity index (χ0) is 16.7. The molecular weight excluding hydrogens is 290 g/mol. The van der Waals surface area contributed by atoms with Crippen LogP contribution < -0.4 is 11.1 Å². The van der Waals surface area contributed by atoms with E-state index in [1.54, 1.807) is 0 Å². The Morgan fingerprint density at radius 1 is 1.17 bits per heavy atom. The van der Waals surface area contributed by atoms with Gasteiger partial charge >= 0.3 is 0 Å². The molecule has 23 heavy (non-hydrogen) atoms. The molecule has 1 aliphatic rings. The molecule has 1 saturated heterocycles. The first kappa shape index (κ1) is 17.5. The third-order valence-electron chi connectivity index (χ3n) is 4.25. The van der Waals surface area contributed by atoms with E-state index >= 15 is 0 Å². The fraction of sp³-hybridized carbons (Fsp3) is 0.556. The third-order valence-corrected chi connectivity index (χ3v) is 4.25. The van der Waals surface area contributed by atoms with Crippen molar-refractivity contribution in [2.45, 2.75) is 51.6 Å². The number of carbonyl (C=O) groups excluding carboxylic acids is 2. The Morgan fingerprint density at radius 3 is 2.43 bits per heavy atom. The van der Waals surface area contributed by atoms with Crippen molar-refractivity contribution >= 4 is 11.8 Å². The topological polar surface area (TPSA) is 75.4 Å². The van der Waals surface area contributed by atoms with Crippen molar-refractivity contribution in [2.24, 2.45) is 5.73 Å². The Kier molecular flexibility index (Phi) is 6.59. The van der Waals surface area contributed by atoms with Gasteiger partial charge in [-0.25, -0.2) is 0 Å². The molecule has 0 spiro atoms. The number of likely N-dealkylation sites (tertiary alicyclic amines) is 1. The predicted octanol–water partition coefficient (Wildman–Crippen LogP) is 2.06. The molecule has 1 unspecified atom stereocenters. The highest BCUT2D eigenvalue weighted by molar-refractivity contribution is 5.94. The molecule has 1 aromatic carbocycles. The van der Waals surface area contributed by atoms with Gasteiger partial charge in [-0.1, -0.05) is 25.5 Å². The molecule has 0 aromatic heterocycles. The zero-order valence-corrected chi connectivity index (χ0v) is 13.9. The van der Waals surface area contributed by atoms with Crippen LogP contribution in [0.2, 0.25) is 0 Å². The molecule has 0 aliphatic carbocycles. The van der Waals surface area contributed by atoms with Gasteiger partial charge in [0, 0.05) is 25.2 Å². The second-order valence-corrected chi connectivity index (χ2v) is 6.16. The van der Waals surface area contributed by atoms with Crippen LogP contribution in [0, 0.1) is 0 Å².